The fraction of sp³-hybridized carbons (Fsp3) is 0.579. The first-order valence-electron chi connectivity index (χ1n) is 10.3. The number of thiol groups is 1. The van der Waals surface area contributed by atoms with Crippen molar-refractivity contribution in [3.63, 3.8) is 0 Å². The first-order chi connectivity index (χ1) is 16.1. The molecule has 0 spiro atoms. The fourth-order valence-electron chi connectivity index (χ4n) is 2.78. The molecule has 0 saturated heterocycles. The number of aromatic amines is 1. The molecule has 34 heavy (non-hydrogen) atoms. The maximum atomic E-state index is 13.0. The second-order valence-electron chi connectivity index (χ2n) is 7.38. The van der Waals surface area contributed by atoms with Gasteiger partial charge in [0.1, 0.15) is 18.1 Å². The van der Waals surface area contributed by atoms with Crippen molar-refractivity contribution < 1.29 is 29.1 Å². The van der Waals surface area contributed by atoms with Crippen LogP contribution in [-0.2, 0) is 30.4 Å². The zero-order valence-electron chi connectivity index (χ0n) is 18.7. The number of carboxylic acids is 1. The van der Waals surface area contributed by atoms with Gasteiger partial charge < -0.3 is 37.5 Å². The summed E-state index contributed by atoms with van der Waals surface area (Å²) in [5, 5.41) is 16.7. The number of nitrogens with zero attached hydrogens (tertiary/aromatic N) is 1. The number of carbonyl (C=O) groups excluding carboxylic acids is 4. The van der Waals surface area contributed by atoms with Gasteiger partial charge in [0.15, 0.2) is 0 Å². The van der Waals surface area contributed by atoms with E-state index in [4.69, 9.17) is 11.5 Å². The lowest BCUT2D eigenvalue weighted by Gasteiger charge is -2.25. The van der Waals surface area contributed by atoms with E-state index in [0.29, 0.717) is 11.4 Å². The number of nitrogens with one attached hydrogen (secondary N) is 4. The van der Waals surface area contributed by atoms with Crippen LogP contribution in [0.15, 0.2) is 12.5 Å². The van der Waals surface area contributed by atoms with E-state index in [2.05, 4.69) is 38.5 Å². The zero-order chi connectivity index (χ0) is 25.7. The number of aromatic nitrogens is 2. The van der Waals surface area contributed by atoms with E-state index < -0.39 is 53.8 Å². The number of aliphatic carboxylic acids is 1. The molecule has 0 aliphatic heterocycles. The summed E-state index contributed by atoms with van der Waals surface area (Å²) < 4.78 is 0. The Balaban J connectivity index is 3.03. The van der Waals surface area contributed by atoms with Crippen molar-refractivity contribution in [2.24, 2.45) is 11.5 Å². The molecule has 1 aromatic heterocycles. The average molecular weight is 518 g/mol. The van der Waals surface area contributed by atoms with E-state index in [1.165, 1.54) is 24.3 Å². The maximum Gasteiger partial charge on any atom is 0.326 e. The summed E-state index contributed by atoms with van der Waals surface area (Å²) in [6, 6.07) is -4.56. The molecule has 1 heterocycles. The molecular weight excluding hydrogens is 486 g/mol. The van der Waals surface area contributed by atoms with Crippen LogP contribution in [0.3, 0.4) is 0 Å². The van der Waals surface area contributed by atoms with Gasteiger partial charge in [-0.3, -0.25) is 19.2 Å². The van der Waals surface area contributed by atoms with E-state index >= 15 is 0 Å². The quantitative estimate of drug-likeness (QED) is 0.111. The number of primary amides is 1. The summed E-state index contributed by atoms with van der Waals surface area (Å²) in [5.41, 5.74) is 11.4. The second-order valence-corrected chi connectivity index (χ2v) is 8.73. The van der Waals surface area contributed by atoms with Gasteiger partial charge in [-0.05, 0) is 24.9 Å². The fourth-order valence-corrected chi connectivity index (χ4v) is 3.42. The number of imidazole rings is 1. The molecule has 0 aliphatic rings. The van der Waals surface area contributed by atoms with Crippen LogP contribution in [0.2, 0.25) is 0 Å². The Morgan fingerprint density at radius 3 is 2.24 bits per heavy atom. The number of nitrogens with two attached hydrogens (primary N) is 2. The van der Waals surface area contributed by atoms with E-state index in [1.54, 1.807) is 6.26 Å². The van der Waals surface area contributed by atoms with Crippen molar-refractivity contribution in [3.8, 4) is 0 Å². The van der Waals surface area contributed by atoms with Crippen molar-refractivity contribution in [2.75, 3.05) is 17.8 Å². The molecule has 1 aromatic rings. The van der Waals surface area contributed by atoms with Crippen molar-refractivity contribution in [1.29, 1.82) is 0 Å². The van der Waals surface area contributed by atoms with E-state index in [0.717, 1.165) is 0 Å². The maximum absolute atomic E-state index is 13.0. The van der Waals surface area contributed by atoms with Crippen LogP contribution in [-0.4, -0.2) is 86.6 Å². The molecule has 0 radical (unpaired) electrons. The van der Waals surface area contributed by atoms with Crippen LogP contribution in [0.5, 0.6) is 0 Å². The molecule has 1 rings (SSSR count). The number of rotatable bonds is 16. The summed E-state index contributed by atoms with van der Waals surface area (Å²) in [5.74, 6) is -3.56. The Morgan fingerprint density at radius 2 is 1.71 bits per heavy atom. The second kappa shape index (κ2) is 15.2. The first-order valence-corrected chi connectivity index (χ1v) is 12.4. The highest BCUT2D eigenvalue weighted by molar-refractivity contribution is 7.98. The predicted molar refractivity (Wildman–Crippen MR) is 129 cm³/mol. The number of carbonyl (C=O) groups is 5. The van der Waals surface area contributed by atoms with Gasteiger partial charge in [0.2, 0.25) is 23.6 Å². The van der Waals surface area contributed by atoms with Crippen LogP contribution in [0.1, 0.15) is 25.0 Å². The molecule has 4 atom stereocenters. The third-order valence-corrected chi connectivity index (χ3v) is 5.72. The third kappa shape index (κ3) is 10.4. The SMILES string of the molecule is CSCCC(NC(=O)C(CCC(N)=O)NC(=O)C(Cc1cnc[nH]1)NC(=O)C(N)CS)C(=O)O. The lowest BCUT2D eigenvalue weighted by atomic mass is 10.1. The lowest BCUT2D eigenvalue weighted by Crippen LogP contribution is -2.58. The summed E-state index contributed by atoms with van der Waals surface area (Å²) >= 11 is 5.38. The molecule has 13 nitrogen and oxygen atoms in total. The molecule has 15 heteroatoms. The molecule has 0 fully saturated rings. The van der Waals surface area contributed by atoms with Crippen LogP contribution in [0, 0.1) is 0 Å². The topological polar surface area (TPSA) is 222 Å². The van der Waals surface area contributed by atoms with Gasteiger partial charge in [0.25, 0.3) is 0 Å². The summed E-state index contributed by atoms with van der Waals surface area (Å²) in [6.45, 7) is 0. The normalized spacial score (nSPS) is 14.3. The molecule has 4 amide bonds. The summed E-state index contributed by atoms with van der Waals surface area (Å²) in [6.07, 6.45) is 4.43. The molecule has 4 unspecified atom stereocenters. The number of hydrogen-bond donors (Lipinski definition) is 8. The van der Waals surface area contributed by atoms with Gasteiger partial charge in [-0.25, -0.2) is 9.78 Å². The Bertz CT molecular complexity index is 839. The monoisotopic (exact) mass is 517 g/mol. The average Bonchev–Trinajstić information content (AvgIpc) is 3.30. The molecule has 9 N–H and O–H groups in total. The van der Waals surface area contributed by atoms with Crippen molar-refractivity contribution >= 4 is 54.0 Å². The zero-order valence-corrected chi connectivity index (χ0v) is 20.4. The summed E-state index contributed by atoms with van der Waals surface area (Å²) in [4.78, 5) is 67.6. The predicted octanol–water partition coefficient (Wildman–Crippen LogP) is -2.23. The van der Waals surface area contributed by atoms with Crippen LogP contribution in [0.4, 0.5) is 0 Å². The van der Waals surface area contributed by atoms with E-state index in [1.807, 2.05) is 0 Å². The Kier molecular flexibility index (Phi) is 13.1. The van der Waals surface area contributed by atoms with Crippen molar-refractivity contribution in [3.05, 3.63) is 18.2 Å². The first kappa shape index (κ1) is 29.3. The highest BCUT2D eigenvalue weighted by atomic mass is 32.2. The molecule has 0 saturated carbocycles. The third-order valence-electron chi connectivity index (χ3n) is 4.68. The standard InChI is InChI=1S/C19H31N7O6S2/c1-34-5-4-13(19(31)32)25-17(29)12(2-3-15(21)27)24-18(30)14(6-10-7-22-9-23-10)26-16(28)11(20)8-33/h7,9,11-14,33H,2-6,8,20H2,1H3,(H2,21,27)(H,22,23)(H,24,30)(H,25,29)(H,26,28)(H,31,32). The van der Waals surface area contributed by atoms with E-state index in [9.17, 15) is 29.1 Å². The lowest BCUT2D eigenvalue weighted by molar-refractivity contribution is -0.142. The van der Waals surface area contributed by atoms with Gasteiger partial charge in [0, 0.05) is 30.5 Å². The number of thioether (sulfide) groups is 1. The minimum atomic E-state index is -1.27. The minimum absolute atomic E-state index is 0.00645. The van der Waals surface area contributed by atoms with Gasteiger partial charge in [-0.15, -0.1) is 0 Å². The highest BCUT2D eigenvalue weighted by Gasteiger charge is 2.30. The van der Waals surface area contributed by atoms with Crippen LogP contribution >= 0.6 is 24.4 Å². The van der Waals surface area contributed by atoms with Crippen LogP contribution < -0.4 is 27.4 Å². The van der Waals surface area contributed by atoms with Crippen molar-refractivity contribution in [1.82, 2.24) is 25.9 Å². The van der Waals surface area contributed by atoms with Gasteiger partial charge >= 0.3 is 5.97 Å². The van der Waals surface area contributed by atoms with E-state index in [-0.39, 0.29) is 31.4 Å². The minimum Gasteiger partial charge on any atom is -0.480 e. The molecule has 0 bridgehead atoms. The number of amides is 4. The highest BCUT2D eigenvalue weighted by Crippen LogP contribution is 2.06. The van der Waals surface area contributed by atoms with Crippen LogP contribution in [0.25, 0.3) is 0 Å². The smallest absolute Gasteiger partial charge is 0.326 e. The Hall–Kier alpha value is -2.78. The summed E-state index contributed by atoms with van der Waals surface area (Å²) in [7, 11) is 0. The van der Waals surface area contributed by atoms with Gasteiger partial charge in [-0.2, -0.15) is 24.4 Å². The molecule has 190 valence electrons. The number of hydrogen-bond acceptors (Lipinski definition) is 9. The Morgan fingerprint density at radius 1 is 1.09 bits per heavy atom. The van der Waals surface area contributed by atoms with Gasteiger partial charge in [-0.1, -0.05) is 0 Å². The molecular formula is C19H31N7O6S2. The largest absolute Gasteiger partial charge is 0.480 e. The number of carboxylic acid groups (broad SMARTS) is 1. The Labute approximate surface area is 206 Å². The molecule has 0 aliphatic carbocycles. The molecule has 0 aromatic carbocycles. The number of H-pyrrole nitrogens is 1. The van der Waals surface area contributed by atoms with Gasteiger partial charge in [0.05, 0.1) is 12.4 Å². The van der Waals surface area contributed by atoms with Crippen molar-refractivity contribution in [2.45, 2.75) is 49.9 Å².